The molecular formula is C36H34N2O7. The number of methoxy groups -OCH3 is 2. The molecule has 3 fully saturated rings. The molecule has 4 aliphatic rings. The van der Waals surface area contributed by atoms with Gasteiger partial charge < -0.3 is 14.6 Å². The van der Waals surface area contributed by atoms with Crippen LogP contribution in [0.5, 0.6) is 17.2 Å². The highest BCUT2D eigenvalue weighted by Crippen LogP contribution is 2.60. The van der Waals surface area contributed by atoms with Gasteiger partial charge in [0.15, 0.2) is 0 Å². The zero-order valence-electron chi connectivity index (χ0n) is 25.1. The van der Waals surface area contributed by atoms with Crippen molar-refractivity contribution in [3.63, 3.8) is 0 Å². The van der Waals surface area contributed by atoms with Crippen LogP contribution in [0.1, 0.15) is 35.4 Å². The number of carbonyl (C=O) groups is 4. The van der Waals surface area contributed by atoms with E-state index in [1.54, 1.807) is 6.07 Å². The van der Waals surface area contributed by atoms with Crippen molar-refractivity contribution < 1.29 is 33.8 Å². The molecule has 0 spiro atoms. The summed E-state index contributed by atoms with van der Waals surface area (Å²) in [6.07, 6.45) is 2.56. The van der Waals surface area contributed by atoms with E-state index in [0.717, 1.165) is 16.7 Å². The van der Waals surface area contributed by atoms with Gasteiger partial charge in [0.2, 0.25) is 23.6 Å². The molecule has 3 aromatic rings. The van der Waals surface area contributed by atoms with E-state index >= 15 is 0 Å². The third kappa shape index (κ3) is 4.60. The standard InChI is InChI=1S/C36H34N2O7/c1-44-22-15-27(39)32(28(16-22)45-2)30-23-13-14-24-29(35(42)37(33(24)40)18-20-9-5-3-6-10-20)25(23)17-26-31(30)36(43)38(34(26)41)19-21-11-7-4-8-12-21/h3-13,15-16,24-26,29-31,39H,14,17-19H2,1-2H3/t24-,25+,26+,29-,30-,31+/m0/s1. The number of rotatable bonds is 7. The summed E-state index contributed by atoms with van der Waals surface area (Å²) in [5.41, 5.74) is 2.85. The quantitative estimate of drug-likeness (QED) is 0.312. The minimum Gasteiger partial charge on any atom is -0.507 e. The van der Waals surface area contributed by atoms with Crippen LogP contribution in [-0.4, -0.2) is 52.8 Å². The molecule has 1 saturated carbocycles. The zero-order chi connectivity index (χ0) is 31.4. The fraction of sp³-hybridized carbons (Fsp3) is 0.333. The van der Waals surface area contributed by atoms with Crippen LogP contribution < -0.4 is 9.47 Å². The summed E-state index contributed by atoms with van der Waals surface area (Å²) in [6, 6.07) is 21.9. The summed E-state index contributed by atoms with van der Waals surface area (Å²) < 4.78 is 11.1. The van der Waals surface area contributed by atoms with Crippen LogP contribution in [0.15, 0.2) is 84.4 Å². The number of aromatic hydroxyl groups is 1. The molecule has 2 heterocycles. The molecule has 0 radical (unpaired) electrons. The summed E-state index contributed by atoms with van der Waals surface area (Å²) >= 11 is 0. The lowest BCUT2D eigenvalue weighted by molar-refractivity contribution is -0.142. The Morgan fingerprint density at radius 3 is 1.87 bits per heavy atom. The van der Waals surface area contributed by atoms with Gasteiger partial charge in [-0.1, -0.05) is 72.3 Å². The maximum Gasteiger partial charge on any atom is 0.234 e. The Balaban J connectivity index is 1.32. The van der Waals surface area contributed by atoms with Gasteiger partial charge >= 0.3 is 0 Å². The van der Waals surface area contributed by atoms with E-state index in [1.165, 1.54) is 30.1 Å². The van der Waals surface area contributed by atoms with Crippen molar-refractivity contribution in [2.24, 2.45) is 29.6 Å². The van der Waals surface area contributed by atoms with Crippen LogP contribution >= 0.6 is 0 Å². The number of imide groups is 2. The Kier molecular flexibility index (Phi) is 7.19. The van der Waals surface area contributed by atoms with Crippen molar-refractivity contribution in [1.29, 1.82) is 0 Å². The number of carbonyl (C=O) groups excluding carboxylic acids is 4. The largest absolute Gasteiger partial charge is 0.507 e. The van der Waals surface area contributed by atoms with Gasteiger partial charge in [-0.3, -0.25) is 29.0 Å². The number of ether oxygens (including phenoxy) is 2. The molecule has 2 aliphatic heterocycles. The van der Waals surface area contributed by atoms with E-state index in [0.29, 0.717) is 23.5 Å². The molecule has 7 rings (SSSR count). The van der Waals surface area contributed by atoms with Gasteiger partial charge in [-0.05, 0) is 29.9 Å². The smallest absolute Gasteiger partial charge is 0.234 e. The van der Waals surface area contributed by atoms with Crippen molar-refractivity contribution in [1.82, 2.24) is 9.80 Å². The van der Waals surface area contributed by atoms with Gasteiger partial charge in [0.05, 0.1) is 51.0 Å². The Morgan fingerprint density at radius 2 is 1.29 bits per heavy atom. The number of hydrogen-bond acceptors (Lipinski definition) is 7. The van der Waals surface area contributed by atoms with Crippen molar-refractivity contribution in [3.8, 4) is 17.2 Å². The Morgan fingerprint density at radius 1 is 0.711 bits per heavy atom. The van der Waals surface area contributed by atoms with Crippen LogP contribution in [0.2, 0.25) is 0 Å². The number of benzene rings is 3. The number of amides is 4. The molecule has 1 N–H and O–H groups in total. The van der Waals surface area contributed by atoms with Crippen molar-refractivity contribution >= 4 is 23.6 Å². The molecule has 4 amide bonds. The summed E-state index contributed by atoms with van der Waals surface area (Å²) in [5.74, 6) is -4.48. The summed E-state index contributed by atoms with van der Waals surface area (Å²) in [7, 11) is 2.96. The second-order valence-corrected chi connectivity index (χ2v) is 12.3. The Labute approximate surface area is 261 Å². The number of allylic oxidation sites excluding steroid dienone is 2. The number of likely N-dealkylation sites (tertiary alicyclic amines) is 2. The SMILES string of the molecule is COc1cc(O)c([C@H]2C3=CC[C@@H]4C(=O)N(Cc5ccccc5)C(=O)[C@@H]4[C@@H]3C[C@H]3C(=O)N(Cc4ccccc4)C(=O)[C@@H]23)c(OC)c1. The maximum atomic E-state index is 14.2. The van der Waals surface area contributed by atoms with Gasteiger partial charge in [0.1, 0.15) is 17.2 Å². The first-order valence-corrected chi connectivity index (χ1v) is 15.3. The second-order valence-electron chi connectivity index (χ2n) is 12.3. The first-order valence-electron chi connectivity index (χ1n) is 15.3. The first kappa shape index (κ1) is 28.8. The fourth-order valence-electron chi connectivity index (χ4n) is 8.07. The maximum absolute atomic E-state index is 14.2. The van der Waals surface area contributed by atoms with Gasteiger partial charge in [0, 0.05) is 23.6 Å². The third-order valence-corrected chi connectivity index (χ3v) is 10.1. The number of phenols is 1. The minimum atomic E-state index is -0.805. The topological polar surface area (TPSA) is 113 Å². The van der Waals surface area contributed by atoms with Gasteiger partial charge in [0.25, 0.3) is 0 Å². The molecule has 2 saturated heterocycles. The van der Waals surface area contributed by atoms with Crippen molar-refractivity contribution in [2.45, 2.75) is 31.8 Å². The minimum absolute atomic E-state index is 0.125. The molecule has 9 heteroatoms. The molecule has 230 valence electrons. The van der Waals surface area contributed by atoms with E-state index in [1.807, 2.05) is 66.7 Å². The molecule has 0 unspecified atom stereocenters. The molecular weight excluding hydrogens is 572 g/mol. The predicted molar refractivity (Wildman–Crippen MR) is 163 cm³/mol. The number of phenolic OH excluding ortho intramolecular Hbond substituents is 1. The molecule has 6 atom stereocenters. The van der Waals surface area contributed by atoms with Crippen LogP contribution in [0.25, 0.3) is 0 Å². The molecule has 2 aliphatic carbocycles. The Bertz CT molecular complexity index is 1720. The third-order valence-electron chi connectivity index (χ3n) is 10.1. The lowest BCUT2D eigenvalue weighted by atomic mass is 9.57. The normalized spacial score (nSPS) is 27.2. The van der Waals surface area contributed by atoms with Crippen LogP contribution in [-0.2, 0) is 32.3 Å². The zero-order valence-corrected chi connectivity index (χ0v) is 25.1. The summed E-state index contributed by atoms with van der Waals surface area (Å²) in [6.45, 7) is 0.306. The lowest BCUT2D eigenvalue weighted by Crippen LogP contribution is -2.43. The molecule has 45 heavy (non-hydrogen) atoms. The van der Waals surface area contributed by atoms with Crippen LogP contribution in [0, 0.1) is 29.6 Å². The highest BCUT2D eigenvalue weighted by molar-refractivity contribution is 6.08. The fourth-order valence-corrected chi connectivity index (χ4v) is 8.07. The number of fused-ring (bicyclic) bond motifs is 4. The highest BCUT2D eigenvalue weighted by Gasteiger charge is 2.62. The highest BCUT2D eigenvalue weighted by atomic mass is 16.5. The van der Waals surface area contributed by atoms with Gasteiger partial charge in [-0.25, -0.2) is 0 Å². The average Bonchev–Trinajstić information content (AvgIpc) is 3.44. The van der Waals surface area contributed by atoms with E-state index in [4.69, 9.17) is 9.47 Å². The van der Waals surface area contributed by atoms with E-state index in [2.05, 4.69) is 0 Å². The van der Waals surface area contributed by atoms with Crippen molar-refractivity contribution in [3.05, 3.63) is 101 Å². The molecule has 0 bridgehead atoms. The lowest BCUT2D eigenvalue weighted by Gasteiger charge is -2.44. The predicted octanol–water partition coefficient (Wildman–Crippen LogP) is 4.45. The van der Waals surface area contributed by atoms with Gasteiger partial charge in [-0.15, -0.1) is 0 Å². The van der Waals surface area contributed by atoms with E-state index in [9.17, 15) is 24.3 Å². The van der Waals surface area contributed by atoms with Crippen LogP contribution in [0.4, 0.5) is 0 Å². The van der Waals surface area contributed by atoms with Gasteiger partial charge in [-0.2, -0.15) is 0 Å². The number of hydrogen-bond donors (Lipinski definition) is 1. The molecule has 0 aromatic heterocycles. The monoisotopic (exact) mass is 606 g/mol. The van der Waals surface area contributed by atoms with E-state index in [-0.39, 0.29) is 48.9 Å². The molecule has 3 aromatic carbocycles. The van der Waals surface area contributed by atoms with Crippen molar-refractivity contribution in [2.75, 3.05) is 14.2 Å². The summed E-state index contributed by atoms with van der Waals surface area (Å²) in [5, 5.41) is 11.4. The van der Waals surface area contributed by atoms with E-state index < -0.39 is 35.5 Å². The second kappa shape index (κ2) is 11.2. The first-order chi connectivity index (χ1) is 21.8. The van der Waals surface area contributed by atoms with Crippen LogP contribution in [0.3, 0.4) is 0 Å². The summed E-state index contributed by atoms with van der Waals surface area (Å²) in [4.78, 5) is 58.8. The Hall–Kier alpha value is -4.92. The number of nitrogens with zero attached hydrogens (tertiary/aromatic N) is 2. The average molecular weight is 607 g/mol. The molecule has 9 nitrogen and oxygen atoms in total.